The minimum atomic E-state index is -3.77. The topological polar surface area (TPSA) is 96.0 Å². The van der Waals surface area contributed by atoms with Gasteiger partial charge in [-0.25, -0.2) is 0 Å². The molecule has 0 aliphatic carbocycles. The summed E-state index contributed by atoms with van der Waals surface area (Å²) in [6, 6.07) is -0.00398. The highest BCUT2D eigenvalue weighted by Gasteiger charge is 2.51. The van der Waals surface area contributed by atoms with Crippen LogP contribution >= 0.6 is 11.8 Å². The lowest BCUT2D eigenvalue weighted by Gasteiger charge is -2.25. The molecule has 7 nitrogen and oxygen atoms in total. The second kappa shape index (κ2) is 7.95. The molecule has 9 heteroatoms. The van der Waals surface area contributed by atoms with Crippen LogP contribution in [0.5, 0.6) is 0 Å². The Labute approximate surface area is 116 Å². The van der Waals surface area contributed by atoms with Crippen molar-refractivity contribution < 1.29 is 32.5 Å². The molecule has 0 atom stereocenters. The number of rotatable bonds is 6. The highest BCUT2D eigenvalue weighted by molar-refractivity contribution is 8.13. The normalized spacial score (nSPS) is 10.5. The van der Waals surface area contributed by atoms with Gasteiger partial charge in [-0.05, 0) is 0 Å². The zero-order valence-corrected chi connectivity index (χ0v) is 13.0. The molecule has 0 aliphatic heterocycles. The summed E-state index contributed by atoms with van der Waals surface area (Å²) in [6.07, 6.45) is 0. The van der Waals surface area contributed by atoms with E-state index >= 15 is 0 Å². The van der Waals surface area contributed by atoms with E-state index in [1.807, 2.05) is 0 Å². The van der Waals surface area contributed by atoms with E-state index in [4.69, 9.17) is 13.3 Å². The summed E-state index contributed by atoms with van der Waals surface area (Å²) in [5, 5.41) is -0.142. The molecule has 0 unspecified atom stereocenters. The van der Waals surface area contributed by atoms with Gasteiger partial charge in [-0.3, -0.25) is 19.2 Å². The lowest BCUT2D eigenvalue weighted by molar-refractivity contribution is -0.147. The maximum Gasteiger partial charge on any atom is 0.706 e. The Morgan fingerprint density at radius 1 is 0.842 bits per heavy atom. The smallest absolute Gasteiger partial charge is 0.455 e. The molecule has 0 aliphatic rings. The molecule has 0 rings (SSSR count). The summed E-state index contributed by atoms with van der Waals surface area (Å²) in [5.41, 5.74) is 0. The van der Waals surface area contributed by atoms with Crippen molar-refractivity contribution in [3.05, 3.63) is 0 Å². The van der Waals surface area contributed by atoms with Crippen molar-refractivity contribution in [1.29, 1.82) is 0 Å². The number of hydrogen-bond acceptors (Lipinski definition) is 8. The molecule has 108 valence electrons. The van der Waals surface area contributed by atoms with Crippen molar-refractivity contribution in [1.82, 2.24) is 0 Å². The molecule has 0 aromatic rings. The Morgan fingerprint density at radius 3 is 1.47 bits per heavy atom. The molecule has 0 saturated carbocycles. The number of carbonyl (C=O) groups excluding carboxylic acids is 4. The summed E-state index contributed by atoms with van der Waals surface area (Å²) >= 11 is 0.961. The maximum atomic E-state index is 11.1. The molecule has 0 N–H and O–H groups in total. The van der Waals surface area contributed by atoms with Gasteiger partial charge in [0.25, 0.3) is 17.9 Å². The van der Waals surface area contributed by atoms with Crippen LogP contribution < -0.4 is 0 Å². The van der Waals surface area contributed by atoms with Crippen LogP contribution in [0.3, 0.4) is 0 Å². The molecule has 0 radical (unpaired) electrons. The Bertz CT molecular complexity index is 341. The van der Waals surface area contributed by atoms with Crippen LogP contribution in [0.25, 0.3) is 0 Å². The predicted octanol–water partition coefficient (Wildman–Crippen LogP) is 0.894. The Kier molecular flexibility index (Phi) is 7.38. The van der Waals surface area contributed by atoms with Gasteiger partial charge in [-0.2, -0.15) is 0 Å². The van der Waals surface area contributed by atoms with Crippen LogP contribution in [0, 0.1) is 0 Å². The SMILES string of the molecule is CC(=O)O[Si](CCSC(C)=O)(OC(C)=O)OC(C)=O. The third-order valence-corrected chi connectivity index (χ3v) is 5.45. The zero-order valence-electron chi connectivity index (χ0n) is 11.2. The van der Waals surface area contributed by atoms with E-state index in [-0.39, 0.29) is 16.9 Å². The molecule has 0 fully saturated rings. The molecule has 0 bridgehead atoms. The molecular formula is C10H16O7SSi. The monoisotopic (exact) mass is 308 g/mol. The second-order valence-corrected chi connectivity index (χ2v) is 7.30. The van der Waals surface area contributed by atoms with Crippen LogP contribution in [-0.2, 0) is 32.5 Å². The molecule has 0 spiro atoms. The summed E-state index contributed by atoms with van der Waals surface area (Å²) in [6.45, 7) is 4.73. The van der Waals surface area contributed by atoms with Gasteiger partial charge in [0, 0.05) is 33.4 Å². The first-order valence-electron chi connectivity index (χ1n) is 5.39. The van der Waals surface area contributed by atoms with Crippen LogP contribution in [0.1, 0.15) is 27.7 Å². The summed E-state index contributed by atoms with van der Waals surface area (Å²) in [5.74, 6) is -1.94. The largest absolute Gasteiger partial charge is 0.706 e. The minimum Gasteiger partial charge on any atom is -0.455 e. The van der Waals surface area contributed by atoms with Crippen LogP contribution in [0.4, 0.5) is 0 Å². The van der Waals surface area contributed by atoms with E-state index in [1.165, 1.54) is 6.92 Å². The van der Waals surface area contributed by atoms with Gasteiger partial charge in [0.2, 0.25) is 0 Å². The first-order chi connectivity index (χ1) is 8.67. The molecule has 0 heterocycles. The van der Waals surface area contributed by atoms with Crippen molar-refractivity contribution in [3.63, 3.8) is 0 Å². The van der Waals surface area contributed by atoms with Crippen molar-refractivity contribution in [2.24, 2.45) is 0 Å². The van der Waals surface area contributed by atoms with Gasteiger partial charge < -0.3 is 13.3 Å². The average molecular weight is 308 g/mol. The first-order valence-corrected chi connectivity index (χ1v) is 8.31. The highest BCUT2D eigenvalue weighted by atomic mass is 32.2. The summed E-state index contributed by atoms with van der Waals surface area (Å²) < 4.78 is 14.8. The van der Waals surface area contributed by atoms with Crippen molar-refractivity contribution in [2.45, 2.75) is 33.7 Å². The van der Waals surface area contributed by atoms with Crippen molar-refractivity contribution >= 4 is 43.6 Å². The minimum absolute atomic E-state index is 0.00398. The fraction of sp³-hybridized carbons (Fsp3) is 0.600. The predicted molar refractivity (Wildman–Crippen MR) is 69.0 cm³/mol. The zero-order chi connectivity index (χ0) is 15.1. The molecule has 19 heavy (non-hydrogen) atoms. The van der Waals surface area contributed by atoms with Crippen LogP contribution in [0.15, 0.2) is 0 Å². The van der Waals surface area contributed by atoms with E-state index in [0.29, 0.717) is 0 Å². The lowest BCUT2D eigenvalue weighted by atomic mass is 10.9. The highest BCUT2D eigenvalue weighted by Crippen LogP contribution is 2.20. The summed E-state index contributed by atoms with van der Waals surface area (Å²) in [7, 11) is -3.77. The Hall–Kier alpha value is -1.35. The second-order valence-electron chi connectivity index (χ2n) is 3.55. The quantitative estimate of drug-likeness (QED) is 0.668. The van der Waals surface area contributed by atoms with E-state index in [2.05, 4.69) is 0 Å². The Morgan fingerprint density at radius 2 is 1.21 bits per heavy atom. The number of carbonyl (C=O) groups is 4. The maximum absolute atomic E-state index is 11.1. The van der Waals surface area contributed by atoms with E-state index < -0.39 is 26.7 Å². The van der Waals surface area contributed by atoms with Crippen molar-refractivity contribution in [3.8, 4) is 0 Å². The van der Waals surface area contributed by atoms with Crippen LogP contribution in [-0.4, -0.2) is 37.6 Å². The fourth-order valence-corrected chi connectivity index (χ4v) is 4.63. The van der Waals surface area contributed by atoms with E-state index in [1.54, 1.807) is 0 Å². The fourth-order valence-electron chi connectivity index (χ4n) is 1.19. The third-order valence-electron chi connectivity index (χ3n) is 1.61. The molecule has 0 saturated heterocycles. The number of thioether (sulfide) groups is 1. The van der Waals surface area contributed by atoms with Gasteiger partial charge in [0.1, 0.15) is 0 Å². The van der Waals surface area contributed by atoms with E-state index in [0.717, 1.165) is 32.5 Å². The van der Waals surface area contributed by atoms with Gasteiger partial charge in [0.15, 0.2) is 5.12 Å². The van der Waals surface area contributed by atoms with Crippen LogP contribution in [0.2, 0.25) is 6.04 Å². The lowest BCUT2D eigenvalue weighted by Crippen LogP contribution is -2.49. The average Bonchev–Trinajstić information content (AvgIpc) is 2.12. The van der Waals surface area contributed by atoms with Gasteiger partial charge in [-0.1, -0.05) is 11.8 Å². The summed E-state index contributed by atoms with van der Waals surface area (Å²) in [4.78, 5) is 44.1. The third kappa shape index (κ3) is 8.38. The van der Waals surface area contributed by atoms with E-state index in [9.17, 15) is 19.2 Å². The van der Waals surface area contributed by atoms with Gasteiger partial charge in [0.05, 0.1) is 6.04 Å². The molecule has 0 aromatic heterocycles. The Balaban J connectivity index is 4.97. The molecule has 0 aromatic carbocycles. The standard InChI is InChI=1S/C10H16O7SSi/c1-7(11)15-19(16-8(2)12,17-9(3)13)6-5-18-10(4)14/h5-6H2,1-4H3. The van der Waals surface area contributed by atoms with Gasteiger partial charge in [-0.15, -0.1) is 0 Å². The van der Waals surface area contributed by atoms with Gasteiger partial charge >= 0.3 is 8.80 Å². The number of hydrogen-bond donors (Lipinski definition) is 0. The van der Waals surface area contributed by atoms with Crippen molar-refractivity contribution in [2.75, 3.05) is 5.75 Å². The molecule has 0 amide bonds. The molecular weight excluding hydrogens is 292 g/mol. The first kappa shape index (κ1) is 17.6.